The first kappa shape index (κ1) is 11.4. The van der Waals surface area contributed by atoms with Gasteiger partial charge >= 0.3 is 0 Å². The summed E-state index contributed by atoms with van der Waals surface area (Å²) in [5.74, 6) is 1.41. The lowest BCUT2D eigenvalue weighted by Gasteiger charge is -2.05. The topological polar surface area (TPSA) is 51.0 Å². The molecule has 0 aliphatic heterocycles. The Bertz CT molecular complexity index is 501. The van der Waals surface area contributed by atoms with E-state index in [0.717, 1.165) is 15.9 Å². The number of hydrogen-bond donors (Lipinski definition) is 1. The minimum atomic E-state index is 0.533. The van der Waals surface area contributed by atoms with Crippen molar-refractivity contribution in [2.24, 2.45) is 0 Å². The van der Waals surface area contributed by atoms with Crippen LogP contribution < -0.4 is 5.32 Å². The van der Waals surface area contributed by atoms with E-state index in [1.807, 2.05) is 13.0 Å². The van der Waals surface area contributed by atoms with Gasteiger partial charge < -0.3 is 9.84 Å². The van der Waals surface area contributed by atoms with E-state index in [-0.39, 0.29) is 0 Å². The van der Waals surface area contributed by atoms with Crippen LogP contribution in [0.5, 0.6) is 0 Å². The van der Waals surface area contributed by atoms with Gasteiger partial charge in [0.15, 0.2) is 0 Å². The van der Waals surface area contributed by atoms with Gasteiger partial charge in [-0.3, -0.25) is 0 Å². The second-order valence-corrected chi connectivity index (χ2v) is 4.59. The molecular formula is C10H9BrClN3O. The largest absolute Gasteiger partial charge is 0.363 e. The molecule has 4 nitrogen and oxygen atoms in total. The average Bonchev–Trinajstić information content (AvgIpc) is 2.63. The fourth-order valence-electron chi connectivity index (χ4n) is 1.22. The van der Waals surface area contributed by atoms with Crippen LogP contribution in [0.1, 0.15) is 11.5 Å². The van der Waals surface area contributed by atoms with Crippen LogP contribution >= 0.6 is 27.5 Å². The predicted molar refractivity (Wildman–Crippen MR) is 65.5 cm³/mol. The Balaban J connectivity index is 2.04. The standard InChI is InChI=1S/C10H9BrClN3O/c1-6-2-8(15-16-6)5-14-10-9(12)3-7(11)4-13-10/h2-4H,5H2,1H3,(H,13,14). The Kier molecular flexibility index (Phi) is 3.46. The van der Waals surface area contributed by atoms with E-state index in [0.29, 0.717) is 17.4 Å². The van der Waals surface area contributed by atoms with Gasteiger partial charge in [-0.15, -0.1) is 0 Å². The average molecular weight is 303 g/mol. The predicted octanol–water partition coefficient (Wildman–Crippen LogP) is 3.41. The van der Waals surface area contributed by atoms with Gasteiger partial charge in [0, 0.05) is 16.7 Å². The van der Waals surface area contributed by atoms with Crippen molar-refractivity contribution in [3.63, 3.8) is 0 Å². The number of aryl methyl sites for hydroxylation is 1. The lowest BCUT2D eigenvalue weighted by Crippen LogP contribution is -2.01. The van der Waals surface area contributed by atoms with Gasteiger partial charge in [0.2, 0.25) is 0 Å². The fourth-order valence-corrected chi connectivity index (χ4v) is 1.92. The highest BCUT2D eigenvalue weighted by Gasteiger charge is 2.04. The van der Waals surface area contributed by atoms with Crippen LogP contribution in [-0.4, -0.2) is 10.1 Å². The highest BCUT2D eigenvalue weighted by Crippen LogP contribution is 2.23. The molecule has 0 bridgehead atoms. The van der Waals surface area contributed by atoms with Gasteiger partial charge in [0.05, 0.1) is 11.6 Å². The van der Waals surface area contributed by atoms with Crippen molar-refractivity contribution in [3.05, 3.63) is 39.3 Å². The van der Waals surface area contributed by atoms with Crippen molar-refractivity contribution in [2.45, 2.75) is 13.5 Å². The van der Waals surface area contributed by atoms with E-state index < -0.39 is 0 Å². The summed E-state index contributed by atoms with van der Waals surface area (Å²) in [5, 5.41) is 7.51. The Morgan fingerprint density at radius 3 is 2.94 bits per heavy atom. The van der Waals surface area contributed by atoms with Gasteiger partial charge in [-0.1, -0.05) is 16.8 Å². The van der Waals surface area contributed by atoms with Gasteiger partial charge in [0.25, 0.3) is 0 Å². The maximum Gasteiger partial charge on any atom is 0.145 e. The molecule has 0 spiro atoms. The van der Waals surface area contributed by atoms with Crippen LogP contribution in [0, 0.1) is 6.92 Å². The maximum absolute atomic E-state index is 6.00. The molecule has 0 aliphatic carbocycles. The molecule has 2 aromatic heterocycles. The second kappa shape index (κ2) is 4.84. The zero-order valence-electron chi connectivity index (χ0n) is 8.50. The molecule has 16 heavy (non-hydrogen) atoms. The minimum absolute atomic E-state index is 0.533. The monoisotopic (exact) mass is 301 g/mol. The van der Waals surface area contributed by atoms with Crippen molar-refractivity contribution in [2.75, 3.05) is 5.32 Å². The SMILES string of the molecule is Cc1cc(CNc2ncc(Br)cc2Cl)no1. The third-order valence-corrected chi connectivity index (χ3v) is 2.64. The molecule has 0 fully saturated rings. The van der Waals surface area contributed by atoms with E-state index in [4.69, 9.17) is 16.1 Å². The summed E-state index contributed by atoms with van der Waals surface area (Å²) >= 11 is 9.30. The second-order valence-electron chi connectivity index (χ2n) is 3.27. The molecule has 0 saturated heterocycles. The van der Waals surface area contributed by atoms with Gasteiger partial charge in [-0.2, -0.15) is 0 Å². The maximum atomic E-state index is 6.00. The van der Waals surface area contributed by atoms with Crippen LogP contribution in [0.15, 0.2) is 27.3 Å². The van der Waals surface area contributed by atoms with Crippen LogP contribution in [-0.2, 0) is 6.54 Å². The van der Waals surface area contributed by atoms with E-state index in [1.54, 1.807) is 12.3 Å². The molecule has 0 atom stereocenters. The molecule has 2 aromatic rings. The summed E-state index contributed by atoms with van der Waals surface area (Å²) in [6.45, 7) is 2.38. The molecule has 0 saturated carbocycles. The first-order valence-electron chi connectivity index (χ1n) is 4.62. The van der Waals surface area contributed by atoms with E-state index in [9.17, 15) is 0 Å². The third kappa shape index (κ3) is 2.74. The highest BCUT2D eigenvalue weighted by molar-refractivity contribution is 9.10. The molecular weight excluding hydrogens is 293 g/mol. The van der Waals surface area contributed by atoms with Crippen molar-refractivity contribution < 1.29 is 4.52 Å². The van der Waals surface area contributed by atoms with Gasteiger partial charge in [-0.05, 0) is 28.9 Å². The number of hydrogen-bond acceptors (Lipinski definition) is 4. The quantitative estimate of drug-likeness (QED) is 0.944. The van der Waals surface area contributed by atoms with Gasteiger partial charge in [0.1, 0.15) is 17.3 Å². The third-order valence-electron chi connectivity index (χ3n) is 1.92. The van der Waals surface area contributed by atoms with Crippen molar-refractivity contribution in [3.8, 4) is 0 Å². The fraction of sp³-hybridized carbons (Fsp3) is 0.200. The summed E-state index contributed by atoms with van der Waals surface area (Å²) < 4.78 is 5.80. The smallest absolute Gasteiger partial charge is 0.145 e. The summed E-state index contributed by atoms with van der Waals surface area (Å²) in [6, 6.07) is 3.64. The van der Waals surface area contributed by atoms with Crippen LogP contribution in [0.4, 0.5) is 5.82 Å². The van der Waals surface area contributed by atoms with Crippen LogP contribution in [0.2, 0.25) is 5.02 Å². The Labute approximate surface area is 106 Å². The normalized spacial score (nSPS) is 10.4. The zero-order chi connectivity index (χ0) is 11.5. The molecule has 6 heteroatoms. The lowest BCUT2D eigenvalue weighted by atomic mass is 10.3. The molecule has 0 aromatic carbocycles. The van der Waals surface area contributed by atoms with Crippen molar-refractivity contribution >= 4 is 33.3 Å². The van der Waals surface area contributed by atoms with Gasteiger partial charge in [-0.25, -0.2) is 4.98 Å². The number of halogens is 2. The summed E-state index contributed by atoms with van der Waals surface area (Å²) in [6.07, 6.45) is 1.68. The van der Waals surface area contributed by atoms with Crippen molar-refractivity contribution in [1.82, 2.24) is 10.1 Å². The first-order chi connectivity index (χ1) is 7.65. The number of nitrogens with zero attached hydrogens (tertiary/aromatic N) is 2. The Morgan fingerprint density at radius 2 is 2.31 bits per heavy atom. The molecule has 0 unspecified atom stereocenters. The number of pyridine rings is 1. The summed E-state index contributed by atoms with van der Waals surface area (Å²) in [7, 11) is 0. The molecule has 2 rings (SSSR count). The molecule has 0 aliphatic rings. The Hall–Kier alpha value is -1.07. The number of nitrogens with one attached hydrogen (secondary N) is 1. The zero-order valence-corrected chi connectivity index (χ0v) is 10.8. The van der Waals surface area contributed by atoms with Crippen molar-refractivity contribution in [1.29, 1.82) is 0 Å². The number of rotatable bonds is 3. The van der Waals surface area contributed by atoms with Crippen LogP contribution in [0.3, 0.4) is 0 Å². The molecule has 0 amide bonds. The van der Waals surface area contributed by atoms with Crippen LogP contribution in [0.25, 0.3) is 0 Å². The Morgan fingerprint density at radius 1 is 1.50 bits per heavy atom. The summed E-state index contributed by atoms with van der Waals surface area (Å²) in [5.41, 5.74) is 0.818. The number of anilines is 1. The highest BCUT2D eigenvalue weighted by atomic mass is 79.9. The minimum Gasteiger partial charge on any atom is -0.363 e. The van der Waals surface area contributed by atoms with E-state index >= 15 is 0 Å². The van der Waals surface area contributed by atoms with E-state index in [1.165, 1.54) is 0 Å². The lowest BCUT2D eigenvalue weighted by molar-refractivity contribution is 0.391. The number of aromatic nitrogens is 2. The molecule has 1 N–H and O–H groups in total. The molecule has 2 heterocycles. The first-order valence-corrected chi connectivity index (χ1v) is 5.79. The molecule has 84 valence electrons. The molecule has 0 radical (unpaired) electrons. The van der Waals surface area contributed by atoms with E-state index in [2.05, 4.69) is 31.4 Å². The summed E-state index contributed by atoms with van der Waals surface area (Å²) in [4.78, 5) is 4.15.